The molecule has 0 atom stereocenters. The summed E-state index contributed by atoms with van der Waals surface area (Å²) in [6, 6.07) is 5.51. The molecular weight excluding hydrogens is 190 g/mol. The van der Waals surface area contributed by atoms with E-state index in [0.717, 1.165) is 0 Å². The van der Waals surface area contributed by atoms with E-state index in [1.807, 2.05) is 18.2 Å². The van der Waals surface area contributed by atoms with Crippen molar-refractivity contribution in [3.05, 3.63) is 42.4 Å². The van der Waals surface area contributed by atoms with Crippen molar-refractivity contribution in [1.29, 1.82) is 0 Å². The van der Waals surface area contributed by atoms with Crippen LogP contribution >= 0.6 is 0 Å². The maximum atomic E-state index is 11.0. The highest BCUT2D eigenvalue weighted by molar-refractivity contribution is 5.93. The Balaban J connectivity index is 2.36. The van der Waals surface area contributed by atoms with Crippen molar-refractivity contribution in [2.75, 3.05) is 0 Å². The molecule has 0 fully saturated rings. The van der Waals surface area contributed by atoms with Crippen LogP contribution in [-0.2, 0) is 0 Å². The number of carbonyl (C=O) groups excluding carboxylic acids is 1. The maximum Gasteiger partial charge on any atom is 0.178 e. The molecule has 0 unspecified atom stereocenters. The highest BCUT2D eigenvalue weighted by atomic mass is 16.1. The molecule has 0 aliphatic heterocycles. The fourth-order valence-corrected chi connectivity index (χ4v) is 1.14. The zero-order chi connectivity index (χ0) is 10.7. The minimum atomic E-state index is -0.0393. The van der Waals surface area contributed by atoms with Crippen LogP contribution in [0.3, 0.4) is 0 Å². The molecule has 74 valence electrons. The minimum Gasteiger partial charge on any atom is -0.294 e. The molecule has 0 N–H and O–H groups in total. The molecule has 0 aliphatic carbocycles. The molecule has 4 nitrogen and oxygen atoms in total. The number of nitrogens with zero attached hydrogens (tertiary/aromatic N) is 3. The van der Waals surface area contributed by atoms with Gasteiger partial charge in [0.1, 0.15) is 5.69 Å². The summed E-state index contributed by atoms with van der Waals surface area (Å²) in [5.74, 6) is 0.489. The minimum absolute atomic E-state index is 0.0393. The Morgan fingerprint density at radius 3 is 2.40 bits per heavy atom. The zero-order valence-electron chi connectivity index (χ0n) is 8.21. The van der Waals surface area contributed by atoms with Gasteiger partial charge in [-0.05, 0) is 19.1 Å². The number of carbonyl (C=O) groups is 1. The highest BCUT2D eigenvalue weighted by Gasteiger charge is 2.03. The van der Waals surface area contributed by atoms with Crippen molar-refractivity contribution in [3.8, 4) is 11.5 Å². The van der Waals surface area contributed by atoms with E-state index in [2.05, 4.69) is 15.0 Å². The molecule has 2 aromatic rings. The van der Waals surface area contributed by atoms with Gasteiger partial charge in [0.15, 0.2) is 11.6 Å². The van der Waals surface area contributed by atoms with Gasteiger partial charge in [-0.2, -0.15) is 0 Å². The van der Waals surface area contributed by atoms with Gasteiger partial charge < -0.3 is 0 Å². The van der Waals surface area contributed by atoms with Crippen molar-refractivity contribution in [2.45, 2.75) is 6.92 Å². The van der Waals surface area contributed by atoms with E-state index in [4.69, 9.17) is 0 Å². The molecule has 0 bridgehead atoms. The third kappa shape index (κ3) is 2.04. The monoisotopic (exact) mass is 199 g/mol. The average molecular weight is 199 g/mol. The third-order valence-corrected chi connectivity index (χ3v) is 1.95. The topological polar surface area (TPSA) is 55.7 Å². The summed E-state index contributed by atoms with van der Waals surface area (Å²) in [6.07, 6.45) is 4.70. The van der Waals surface area contributed by atoms with E-state index < -0.39 is 0 Å². The first-order chi connectivity index (χ1) is 7.27. The Bertz CT molecular complexity index is 465. The van der Waals surface area contributed by atoms with Gasteiger partial charge in [-0.15, -0.1) is 0 Å². The molecule has 0 aromatic carbocycles. The SMILES string of the molecule is CC(=O)c1cnc(-c2ccccn2)nc1. The van der Waals surface area contributed by atoms with Crippen LogP contribution in [0.1, 0.15) is 17.3 Å². The van der Waals surface area contributed by atoms with Crippen molar-refractivity contribution in [2.24, 2.45) is 0 Å². The van der Waals surface area contributed by atoms with Crippen LogP contribution in [0.15, 0.2) is 36.8 Å². The highest BCUT2D eigenvalue weighted by Crippen LogP contribution is 2.09. The number of ketones is 1. The molecule has 2 heterocycles. The van der Waals surface area contributed by atoms with Gasteiger partial charge in [0, 0.05) is 18.6 Å². The molecule has 0 aliphatic rings. The Labute approximate surface area is 87.0 Å². The number of Topliss-reactive ketones (excluding diaryl/α,β-unsaturated/α-hetero) is 1. The van der Waals surface area contributed by atoms with Gasteiger partial charge >= 0.3 is 0 Å². The number of pyridine rings is 1. The van der Waals surface area contributed by atoms with E-state index in [1.165, 1.54) is 19.3 Å². The smallest absolute Gasteiger partial charge is 0.178 e. The quantitative estimate of drug-likeness (QED) is 0.691. The van der Waals surface area contributed by atoms with Crippen LogP contribution in [0, 0.1) is 0 Å². The van der Waals surface area contributed by atoms with Gasteiger partial charge in [0.25, 0.3) is 0 Å². The Morgan fingerprint density at radius 1 is 1.13 bits per heavy atom. The predicted molar refractivity (Wildman–Crippen MR) is 55.3 cm³/mol. The van der Waals surface area contributed by atoms with E-state index >= 15 is 0 Å². The number of aromatic nitrogens is 3. The van der Waals surface area contributed by atoms with Gasteiger partial charge in [-0.25, -0.2) is 9.97 Å². The van der Waals surface area contributed by atoms with Crippen LogP contribution in [0.25, 0.3) is 11.5 Å². The van der Waals surface area contributed by atoms with Crippen molar-refractivity contribution >= 4 is 5.78 Å². The molecule has 15 heavy (non-hydrogen) atoms. The first-order valence-electron chi connectivity index (χ1n) is 4.52. The lowest BCUT2D eigenvalue weighted by Crippen LogP contribution is -1.97. The van der Waals surface area contributed by atoms with Gasteiger partial charge in [-0.1, -0.05) is 6.07 Å². The zero-order valence-corrected chi connectivity index (χ0v) is 8.21. The number of rotatable bonds is 2. The van der Waals surface area contributed by atoms with E-state index in [-0.39, 0.29) is 5.78 Å². The van der Waals surface area contributed by atoms with E-state index in [9.17, 15) is 4.79 Å². The van der Waals surface area contributed by atoms with Crippen LogP contribution in [0.2, 0.25) is 0 Å². The van der Waals surface area contributed by atoms with Crippen molar-refractivity contribution in [1.82, 2.24) is 15.0 Å². The lowest BCUT2D eigenvalue weighted by Gasteiger charge is -1.98. The van der Waals surface area contributed by atoms with Crippen LogP contribution in [0.5, 0.6) is 0 Å². The standard InChI is InChI=1S/C11H9N3O/c1-8(15)9-6-13-11(14-7-9)10-4-2-3-5-12-10/h2-7H,1H3. The second-order valence-electron chi connectivity index (χ2n) is 3.07. The molecule has 0 amide bonds. The lowest BCUT2D eigenvalue weighted by molar-refractivity contribution is 0.101. The van der Waals surface area contributed by atoms with Gasteiger partial charge in [0.05, 0.1) is 5.56 Å². The number of hydrogen-bond donors (Lipinski definition) is 0. The van der Waals surface area contributed by atoms with Gasteiger partial charge in [-0.3, -0.25) is 9.78 Å². The molecule has 0 saturated carbocycles. The summed E-state index contributed by atoms with van der Waals surface area (Å²) in [6.45, 7) is 1.49. The van der Waals surface area contributed by atoms with Gasteiger partial charge in [0.2, 0.25) is 0 Å². The summed E-state index contributed by atoms with van der Waals surface area (Å²) >= 11 is 0. The lowest BCUT2D eigenvalue weighted by atomic mass is 10.2. The normalized spacial score (nSPS) is 9.93. The summed E-state index contributed by atoms with van der Waals surface area (Å²) in [4.78, 5) is 23.3. The van der Waals surface area contributed by atoms with Crippen LogP contribution < -0.4 is 0 Å². The van der Waals surface area contributed by atoms with Crippen LogP contribution in [0.4, 0.5) is 0 Å². The van der Waals surface area contributed by atoms with Crippen molar-refractivity contribution < 1.29 is 4.79 Å². The summed E-state index contributed by atoms with van der Waals surface area (Å²) in [7, 11) is 0. The predicted octanol–water partition coefficient (Wildman–Crippen LogP) is 1.74. The summed E-state index contributed by atoms with van der Waals surface area (Å²) in [5, 5.41) is 0. The molecule has 0 saturated heterocycles. The first-order valence-corrected chi connectivity index (χ1v) is 4.52. The fraction of sp³-hybridized carbons (Fsp3) is 0.0909. The van der Waals surface area contributed by atoms with Crippen LogP contribution in [-0.4, -0.2) is 20.7 Å². The summed E-state index contributed by atoms with van der Waals surface area (Å²) in [5.41, 5.74) is 1.21. The van der Waals surface area contributed by atoms with E-state index in [1.54, 1.807) is 6.20 Å². The second kappa shape index (κ2) is 3.96. The molecule has 0 spiro atoms. The molecule has 2 aromatic heterocycles. The first kappa shape index (κ1) is 9.45. The molecule has 0 radical (unpaired) electrons. The third-order valence-electron chi connectivity index (χ3n) is 1.95. The van der Waals surface area contributed by atoms with Crippen molar-refractivity contribution in [3.63, 3.8) is 0 Å². The maximum absolute atomic E-state index is 11.0. The average Bonchev–Trinajstić information content (AvgIpc) is 2.30. The Hall–Kier alpha value is -2.10. The summed E-state index contributed by atoms with van der Waals surface area (Å²) < 4.78 is 0. The fourth-order valence-electron chi connectivity index (χ4n) is 1.14. The Kier molecular flexibility index (Phi) is 2.49. The molecule has 2 rings (SSSR count). The number of hydrogen-bond acceptors (Lipinski definition) is 4. The van der Waals surface area contributed by atoms with E-state index in [0.29, 0.717) is 17.1 Å². The molecule has 4 heteroatoms. The second-order valence-corrected chi connectivity index (χ2v) is 3.07. The largest absolute Gasteiger partial charge is 0.294 e. The molecular formula is C11H9N3O. The Morgan fingerprint density at radius 2 is 1.87 bits per heavy atom.